The van der Waals surface area contributed by atoms with Crippen molar-refractivity contribution < 1.29 is 26.9 Å². The van der Waals surface area contributed by atoms with Crippen molar-refractivity contribution in [1.29, 1.82) is 0 Å². The van der Waals surface area contributed by atoms with Crippen LogP contribution in [0.1, 0.15) is 16.2 Å². The molecule has 1 aliphatic rings. The van der Waals surface area contributed by atoms with E-state index in [0.29, 0.717) is 32.0 Å². The van der Waals surface area contributed by atoms with Crippen molar-refractivity contribution >= 4 is 23.3 Å². The molecule has 1 aromatic carbocycles. The number of hydrogen-bond donors (Lipinski definition) is 0. The number of hydrogen-bond acceptors (Lipinski definition) is 6. The van der Waals surface area contributed by atoms with Crippen LogP contribution in [-0.2, 0) is 6.18 Å². The lowest BCUT2D eigenvalue weighted by Gasteiger charge is -2.35. The van der Waals surface area contributed by atoms with E-state index < -0.39 is 23.8 Å². The molecule has 0 spiro atoms. The highest BCUT2D eigenvalue weighted by molar-refractivity contribution is 6.33. The predicted octanol–water partition coefficient (Wildman–Crippen LogP) is 3.91. The van der Waals surface area contributed by atoms with Crippen LogP contribution in [0.3, 0.4) is 0 Å². The van der Waals surface area contributed by atoms with Crippen molar-refractivity contribution in [1.82, 2.24) is 20.0 Å². The van der Waals surface area contributed by atoms with Crippen molar-refractivity contribution in [3.05, 3.63) is 58.8 Å². The first-order valence-corrected chi connectivity index (χ1v) is 9.47. The number of carbonyl (C=O) groups is 1. The number of rotatable bonds is 3. The molecule has 2 aromatic heterocycles. The molecule has 0 bridgehead atoms. The molecule has 0 saturated carbocycles. The standard InChI is InChI=1S/C19H14ClF4N5O2/c20-12-2-1-3-13(21)15(12)17(30)29-8-6-28(7-9-29)14-5-4-11(10-25-14)16-26-18(31-27-16)19(22,23)24/h1-5,10H,6-9H2. The fourth-order valence-corrected chi connectivity index (χ4v) is 3.40. The predicted molar refractivity (Wildman–Crippen MR) is 102 cm³/mol. The fourth-order valence-electron chi connectivity index (χ4n) is 3.16. The molecule has 3 aromatic rings. The van der Waals surface area contributed by atoms with Gasteiger partial charge in [-0.15, -0.1) is 0 Å². The van der Waals surface area contributed by atoms with Crippen LogP contribution in [0.25, 0.3) is 11.4 Å². The van der Waals surface area contributed by atoms with Crippen molar-refractivity contribution in [3.8, 4) is 11.4 Å². The number of pyridine rings is 1. The smallest absolute Gasteiger partial charge is 0.353 e. The highest BCUT2D eigenvalue weighted by Crippen LogP contribution is 2.29. The molecular formula is C19H14ClF4N5O2. The lowest BCUT2D eigenvalue weighted by atomic mass is 10.1. The molecule has 4 rings (SSSR count). The van der Waals surface area contributed by atoms with Gasteiger partial charge in [-0.1, -0.05) is 22.8 Å². The van der Waals surface area contributed by atoms with E-state index in [2.05, 4.69) is 19.6 Å². The first kappa shape index (κ1) is 21.0. The third kappa shape index (κ3) is 4.31. The molecule has 0 unspecified atom stereocenters. The number of halogens is 5. The molecule has 0 atom stereocenters. The maximum atomic E-state index is 14.0. The monoisotopic (exact) mass is 455 g/mol. The van der Waals surface area contributed by atoms with Gasteiger partial charge >= 0.3 is 12.1 Å². The Morgan fingerprint density at radius 3 is 2.42 bits per heavy atom. The van der Waals surface area contributed by atoms with E-state index in [9.17, 15) is 22.4 Å². The maximum Gasteiger partial charge on any atom is 0.471 e. The first-order chi connectivity index (χ1) is 14.7. The highest BCUT2D eigenvalue weighted by atomic mass is 35.5. The van der Waals surface area contributed by atoms with E-state index in [4.69, 9.17) is 11.6 Å². The summed E-state index contributed by atoms with van der Waals surface area (Å²) < 4.78 is 56.0. The Bertz CT molecular complexity index is 1080. The maximum absolute atomic E-state index is 14.0. The van der Waals surface area contributed by atoms with Crippen molar-refractivity contribution in [2.75, 3.05) is 31.1 Å². The summed E-state index contributed by atoms with van der Waals surface area (Å²) in [5, 5.41) is 3.38. The van der Waals surface area contributed by atoms with E-state index in [1.807, 2.05) is 4.90 Å². The van der Waals surface area contributed by atoms with Crippen LogP contribution in [0.5, 0.6) is 0 Å². The summed E-state index contributed by atoms with van der Waals surface area (Å²) in [4.78, 5) is 23.6. The summed E-state index contributed by atoms with van der Waals surface area (Å²) in [7, 11) is 0. The van der Waals surface area contributed by atoms with Crippen LogP contribution in [-0.4, -0.2) is 52.1 Å². The van der Waals surface area contributed by atoms with Gasteiger partial charge in [0.1, 0.15) is 11.6 Å². The minimum atomic E-state index is -4.72. The van der Waals surface area contributed by atoms with Gasteiger partial charge in [-0.25, -0.2) is 9.37 Å². The number of anilines is 1. The first-order valence-electron chi connectivity index (χ1n) is 9.09. The molecule has 0 aliphatic carbocycles. The van der Waals surface area contributed by atoms with Crippen LogP contribution < -0.4 is 4.90 Å². The normalized spacial score (nSPS) is 14.7. The lowest BCUT2D eigenvalue weighted by molar-refractivity contribution is -0.159. The van der Waals surface area contributed by atoms with Crippen LogP contribution >= 0.6 is 11.6 Å². The van der Waals surface area contributed by atoms with E-state index >= 15 is 0 Å². The third-order valence-electron chi connectivity index (χ3n) is 4.74. The average molecular weight is 456 g/mol. The van der Waals surface area contributed by atoms with Gasteiger partial charge in [-0.05, 0) is 24.3 Å². The van der Waals surface area contributed by atoms with Crippen LogP contribution in [0.15, 0.2) is 41.1 Å². The van der Waals surface area contributed by atoms with Crippen LogP contribution in [0.2, 0.25) is 5.02 Å². The molecule has 1 amide bonds. The SMILES string of the molecule is O=C(c1c(F)cccc1Cl)N1CCN(c2ccc(-c3noc(C(F)(F)F)n3)cn2)CC1. The number of carbonyl (C=O) groups excluding carboxylic acids is 1. The molecule has 7 nitrogen and oxygen atoms in total. The van der Waals surface area contributed by atoms with Gasteiger partial charge < -0.3 is 14.3 Å². The molecule has 12 heteroatoms. The minimum absolute atomic E-state index is 0.0554. The van der Waals surface area contributed by atoms with Gasteiger partial charge in [-0.3, -0.25) is 4.79 Å². The fraction of sp³-hybridized carbons (Fsp3) is 0.263. The summed E-state index contributed by atoms with van der Waals surface area (Å²) in [5.74, 6) is -2.24. The zero-order chi connectivity index (χ0) is 22.2. The molecule has 1 saturated heterocycles. The Kier molecular flexibility index (Phi) is 5.52. The molecule has 0 radical (unpaired) electrons. The van der Waals surface area contributed by atoms with Gasteiger partial charge in [0, 0.05) is 37.9 Å². The van der Waals surface area contributed by atoms with Crippen molar-refractivity contribution in [2.45, 2.75) is 6.18 Å². The number of amides is 1. The van der Waals surface area contributed by atoms with E-state index in [1.54, 1.807) is 6.07 Å². The Hall–Kier alpha value is -3.21. The van der Waals surface area contributed by atoms with Gasteiger partial charge in [0.05, 0.1) is 10.6 Å². The second-order valence-corrected chi connectivity index (χ2v) is 7.11. The topological polar surface area (TPSA) is 75.4 Å². The van der Waals surface area contributed by atoms with E-state index in [1.165, 1.54) is 35.4 Å². The highest BCUT2D eigenvalue weighted by Gasteiger charge is 2.38. The van der Waals surface area contributed by atoms with Crippen LogP contribution in [0, 0.1) is 5.82 Å². The molecule has 1 aliphatic heterocycles. The lowest BCUT2D eigenvalue weighted by Crippen LogP contribution is -2.49. The summed E-state index contributed by atoms with van der Waals surface area (Å²) in [5.41, 5.74) is 0.115. The van der Waals surface area contributed by atoms with Gasteiger partial charge in [0.15, 0.2) is 0 Å². The summed E-state index contributed by atoms with van der Waals surface area (Å²) in [6.07, 6.45) is -3.38. The Morgan fingerprint density at radius 2 is 1.84 bits per heavy atom. The van der Waals surface area contributed by atoms with Gasteiger partial charge in [0.2, 0.25) is 5.82 Å². The second kappa shape index (κ2) is 8.14. The van der Waals surface area contributed by atoms with Crippen LogP contribution in [0.4, 0.5) is 23.4 Å². The second-order valence-electron chi connectivity index (χ2n) is 6.70. The largest absolute Gasteiger partial charge is 0.471 e. The van der Waals surface area contributed by atoms with Gasteiger partial charge in [-0.2, -0.15) is 18.2 Å². The Morgan fingerprint density at radius 1 is 1.10 bits per heavy atom. The quantitative estimate of drug-likeness (QED) is 0.557. The van der Waals surface area contributed by atoms with Crippen molar-refractivity contribution in [3.63, 3.8) is 0 Å². The molecule has 162 valence electrons. The van der Waals surface area contributed by atoms with Crippen molar-refractivity contribution in [2.24, 2.45) is 0 Å². The average Bonchev–Trinajstić information content (AvgIpc) is 3.25. The molecule has 3 heterocycles. The van der Waals surface area contributed by atoms with E-state index in [-0.39, 0.29) is 22.0 Å². The number of nitrogens with zero attached hydrogens (tertiary/aromatic N) is 5. The Balaban J connectivity index is 1.41. The summed E-state index contributed by atoms with van der Waals surface area (Å²) in [6, 6.07) is 7.22. The Labute approximate surface area is 178 Å². The molecule has 31 heavy (non-hydrogen) atoms. The zero-order valence-electron chi connectivity index (χ0n) is 15.7. The molecule has 1 fully saturated rings. The number of alkyl halides is 3. The minimum Gasteiger partial charge on any atom is -0.353 e. The molecule has 0 N–H and O–H groups in total. The third-order valence-corrected chi connectivity index (χ3v) is 5.06. The van der Waals surface area contributed by atoms with E-state index in [0.717, 1.165) is 0 Å². The number of aromatic nitrogens is 3. The summed E-state index contributed by atoms with van der Waals surface area (Å²) in [6.45, 7) is 1.52. The molecular weight excluding hydrogens is 442 g/mol. The number of benzene rings is 1. The number of piperazine rings is 1. The summed E-state index contributed by atoms with van der Waals surface area (Å²) >= 11 is 5.97. The van der Waals surface area contributed by atoms with Gasteiger partial charge in [0.25, 0.3) is 5.91 Å². The zero-order valence-corrected chi connectivity index (χ0v) is 16.5.